The molecule has 5 nitrogen and oxygen atoms in total. The highest BCUT2D eigenvalue weighted by Crippen LogP contribution is 2.29. The van der Waals surface area contributed by atoms with Crippen molar-refractivity contribution in [1.82, 2.24) is 20.0 Å². The molecule has 2 aromatic heterocycles. The normalized spacial score (nSPS) is 11.1. The van der Waals surface area contributed by atoms with Crippen molar-refractivity contribution in [3.8, 4) is 11.1 Å². The van der Waals surface area contributed by atoms with Crippen LogP contribution in [-0.2, 0) is 12.3 Å². The van der Waals surface area contributed by atoms with Gasteiger partial charge in [-0.3, -0.25) is 4.68 Å². The fourth-order valence-electron chi connectivity index (χ4n) is 3.00. The van der Waals surface area contributed by atoms with E-state index in [1.54, 1.807) is 11.8 Å². The Hall–Kier alpha value is -2.38. The van der Waals surface area contributed by atoms with Crippen molar-refractivity contribution in [1.29, 1.82) is 0 Å². The van der Waals surface area contributed by atoms with Crippen LogP contribution in [0.2, 0.25) is 0 Å². The van der Waals surface area contributed by atoms with Gasteiger partial charge >= 0.3 is 0 Å². The third-order valence-corrected chi connectivity index (χ3v) is 6.49. The van der Waals surface area contributed by atoms with E-state index in [2.05, 4.69) is 79.8 Å². The van der Waals surface area contributed by atoms with E-state index in [0.29, 0.717) is 17.7 Å². The first-order chi connectivity index (χ1) is 13.6. The Morgan fingerprint density at radius 1 is 1.00 bits per heavy atom. The molecule has 0 amide bonds. The summed E-state index contributed by atoms with van der Waals surface area (Å²) in [7, 11) is 0. The first-order valence-electron chi connectivity index (χ1n) is 8.90. The molecule has 0 aliphatic heterocycles. The molecule has 0 saturated carbocycles. The molecule has 0 N–H and O–H groups in total. The van der Waals surface area contributed by atoms with E-state index in [-0.39, 0.29) is 0 Å². The summed E-state index contributed by atoms with van der Waals surface area (Å²) in [6.07, 6.45) is 0. The zero-order chi connectivity index (χ0) is 19.5. The van der Waals surface area contributed by atoms with Gasteiger partial charge in [0.1, 0.15) is 6.54 Å². The van der Waals surface area contributed by atoms with Crippen molar-refractivity contribution in [2.24, 2.45) is 0 Å². The van der Waals surface area contributed by atoms with E-state index in [1.165, 1.54) is 16.7 Å². The minimum Gasteiger partial charge on any atom is -0.414 e. The highest BCUT2D eigenvalue weighted by molar-refractivity contribution is 9.10. The summed E-state index contributed by atoms with van der Waals surface area (Å²) >= 11 is 5.09. The van der Waals surface area contributed by atoms with Gasteiger partial charge in [0.25, 0.3) is 5.22 Å². The zero-order valence-electron chi connectivity index (χ0n) is 15.6. The highest BCUT2D eigenvalue weighted by Gasteiger charge is 2.14. The quantitative estimate of drug-likeness (QED) is 0.352. The molecule has 0 bridgehead atoms. The lowest BCUT2D eigenvalue weighted by Gasteiger charge is -2.08. The topological polar surface area (TPSA) is 56.7 Å². The smallest absolute Gasteiger partial charge is 0.276 e. The average molecular weight is 455 g/mol. The number of thioether (sulfide) groups is 1. The molecule has 2 heterocycles. The summed E-state index contributed by atoms with van der Waals surface area (Å²) in [5, 5.41) is 13.4. The fraction of sp³-hybridized carbons (Fsp3) is 0.190. The highest BCUT2D eigenvalue weighted by atomic mass is 79.9. The number of hydrogen-bond donors (Lipinski definition) is 0. The molecular formula is C21H19BrN4OS. The maximum atomic E-state index is 5.82. The molecule has 0 unspecified atom stereocenters. The number of aryl methyl sites for hydroxylation is 1. The summed E-state index contributed by atoms with van der Waals surface area (Å²) in [5.74, 6) is 1.31. The first kappa shape index (κ1) is 19.0. The molecule has 0 fully saturated rings. The molecule has 0 aliphatic carbocycles. The SMILES string of the molecule is Cc1nn(Cc2nnc(SCc3ccccc3-c3ccccc3)o2)c(C)c1Br. The molecule has 0 radical (unpaired) electrons. The van der Waals surface area contributed by atoms with Gasteiger partial charge in [0, 0.05) is 5.75 Å². The minimum atomic E-state index is 0.465. The van der Waals surface area contributed by atoms with Gasteiger partial charge in [-0.25, -0.2) is 0 Å². The Bertz CT molecular complexity index is 1090. The summed E-state index contributed by atoms with van der Waals surface area (Å²) in [6.45, 7) is 4.44. The Morgan fingerprint density at radius 2 is 1.75 bits per heavy atom. The number of nitrogens with zero attached hydrogens (tertiary/aromatic N) is 4. The van der Waals surface area contributed by atoms with Crippen molar-refractivity contribution in [3.05, 3.63) is 81.9 Å². The van der Waals surface area contributed by atoms with Crippen LogP contribution in [0.15, 0.2) is 68.7 Å². The largest absolute Gasteiger partial charge is 0.414 e. The Kier molecular flexibility index (Phi) is 5.64. The maximum Gasteiger partial charge on any atom is 0.276 e. The van der Waals surface area contributed by atoms with Crippen LogP contribution < -0.4 is 0 Å². The van der Waals surface area contributed by atoms with Crippen molar-refractivity contribution in [2.45, 2.75) is 31.4 Å². The summed E-state index contributed by atoms with van der Waals surface area (Å²) < 4.78 is 8.70. The third kappa shape index (κ3) is 4.05. The van der Waals surface area contributed by atoms with Crippen LogP contribution in [0.1, 0.15) is 22.8 Å². The maximum absolute atomic E-state index is 5.82. The molecule has 7 heteroatoms. The monoisotopic (exact) mass is 454 g/mol. The molecule has 2 aromatic carbocycles. The van der Waals surface area contributed by atoms with Crippen LogP contribution in [0.25, 0.3) is 11.1 Å². The Labute approximate surface area is 176 Å². The Morgan fingerprint density at radius 3 is 2.50 bits per heavy atom. The first-order valence-corrected chi connectivity index (χ1v) is 10.7. The predicted molar refractivity (Wildman–Crippen MR) is 114 cm³/mol. The lowest BCUT2D eigenvalue weighted by Crippen LogP contribution is -2.04. The third-order valence-electron chi connectivity index (χ3n) is 4.48. The molecule has 0 aliphatic rings. The van der Waals surface area contributed by atoms with Crippen molar-refractivity contribution < 1.29 is 4.42 Å². The van der Waals surface area contributed by atoms with Gasteiger partial charge in [0.2, 0.25) is 5.89 Å². The van der Waals surface area contributed by atoms with Gasteiger partial charge in [-0.15, -0.1) is 10.2 Å². The second-order valence-electron chi connectivity index (χ2n) is 6.42. The molecular weight excluding hydrogens is 436 g/mol. The second kappa shape index (κ2) is 8.32. The van der Waals surface area contributed by atoms with E-state index >= 15 is 0 Å². The number of benzene rings is 2. The van der Waals surface area contributed by atoms with Crippen molar-refractivity contribution >= 4 is 27.7 Å². The number of rotatable bonds is 6. The van der Waals surface area contributed by atoms with Crippen molar-refractivity contribution in [3.63, 3.8) is 0 Å². The van der Waals surface area contributed by atoms with E-state index in [0.717, 1.165) is 21.6 Å². The molecule has 28 heavy (non-hydrogen) atoms. The number of halogens is 1. The summed E-state index contributed by atoms with van der Waals surface area (Å²) in [6, 6.07) is 18.8. The second-order valence-corrected chi connectivity index (χ2v) is 8.14. The molecule has 0 saturated heterocycles. The Balaban J connectivity index is 1.46. The lowest BCUT2D eigenvalue weighted by atomic mass is 10.0. The summed E-state index contributed by atoms with van der Waals surface area (Å²) in [5.41, 5.74) is 5.66. The van der Waals surface area contributed by atoms with Gasteiger partial charge in [-0.1, -0.05) is 66.4 Å². The van der Waals surface area contributed by atoms with E-state index in [4.69, 9.17) is 4.42 Å². The van der Waals surface area contributed by atoms with Gasteiger partial charge in [-0.2, -0.15) is 5.10 Å². The number of aromatic nitrogens is 4. The van der Waals surface area contributed by atoms with Gasteiger partial charge in [0.05, 0.1) is 15.9 Å². The van der Waals surface area contributed by atoms with Crippen LogP contribution in [0.3, 0.4) is 0 Å². The van der Waals surface area contributed by atoms with E-state index < -0.39 is 0 Å². The van der Waals surface area contributed by atoms with Gasteiger partial charge < -0.3 is 4.42 Å². The molecule has 4 aromatic rings. The van der Waals surface area contributed by atoms with Crippen LogP contribution >= 0.6 is 27.7 Å². The molecule has 0 atom stereocenters. The van der Waals surface area contributed by atoms with Crippen molar-refractivity contribution in [2.75, 3.05) is 0 Å². The van der Waals surface area contributed by atoms with Gasteiger partial charge in [0.15, 0.2) is 0 Å². The van der Waals surface area contributed by atoms with E-state index in [1.807, 2.05) is 24.6 Å². The van der Waals surface area contributed by atoms with E-state index in [9.17, 15) is 0 Å². The lowest BCUT2D eigenvalue weighted by molar-refractivity contribution is 0.396. The standard InChI is InChI=1S/C21H19BrN4OS/c1-14-20(22)15(2)26(25-14)12-19-23-24-21(27-19)28-13-17-10-6-7-11-18(17)16-8-4-3-5-9-16/h3-11H,12-13H2,1-2H3. The minimum absolute atomic E-state index is 0.465. The fourth-order valence-corrected chi connectivity index (χ4v) is 4.07. The molecule has 142 valence electrons. The zero-order valence-corrected chi connectivity index (χ0v) is 18.0. The van der Waals surface area contributed by atoms with Crippen LogP contribution in [-0.4, -0.2) is 20.0 Å². The average Bonchev–Trinajstić information content (AvgIpc) is 3.27. The van der Waals surface area contributed by atoms with Gasteiger partial charge in [-0.05, 0) is 46.5 Å². The summed E-state index contributed by atoms with van der Waals surface area (Å²) in [4.78, 5) is 0. The molecule has 0 spiro atoms. The predicted octanol–water partition coefficient (Wildman–Crippen LogP) is 5.65. The van der Waals surface area contributed by atoms with Crippen LogP contribution in [0.5, 0.6) is 0 Å². The van der Waals surface area contributed by atoms with Crippen LogP contribution in [0, 0.1) is 13.8 Å². The van der Waals surface area contributed by atoms with Crippen LogP contribution in [0.4, 0.5) is 0 Å². The molecule has 4 rings (SSSR count). The number of hydrogen-bond acceptors (Lipinski definition) is 5.